The fraction of sp³-hybridized carbons (Fsp3) is 0.667. The molecule has 1 aromatic heterocycles. The van der Waals surface area contributed by atoms with Crippen molar-refractivity contribution in [2.75, 3.05) is 0 Å². The summed E-state index contributed by atoms with van der Waals surface area (Å²) >= 11 is 0. The second kappa shape index (κ2) is 4.68. The number of aromatic amines is 1. The first-order valence-electron chi connectivity index (χ1n) is 6.04. The highest BCUT2D eigenvalue weighted by Gasteiger charge is 2.24. The summed E-state index contributed by atoms with van der Waals surface area (Å²) in [6.45, 7) is 2.02. The molecule has 4 nitrogen and oxygen atoms in total. The fourth-order valence-electron chi connectivity index (χ4n) is 2.45. The summed E-state index contributed by atoms with van der Waals surface area (Å²) in [7, 11) is 0. The van der Waals surface area contributed by atoms with Crippen LogP contribution in [0.2, 0.25) is 0 Å². The van der Waals surface area contributed by atoms with Gasteiger partial charge in [-0.3, -0.25) is 4.79 Å². The molecule has 2 rings (SSSR count). The van der Waals surface area contributed by atoms with Crippen LogP contribution in [0.15, 0.2) is 4.79 Å². The predicted octanol–water partition coefficient (Wildman–Crippen LogP) is 2.09. The normalized spacial score (nSPS) is 16.8. The lowest BCUT2D eigenvalue weighted by Crippen LogP contribution is -2.18. The van der Waals surface area contributed by atoms with Crippen molar-refractivity contribution in [3.05, 3.63) is 21.7 Å². The maximum Gasteiger partial charge on any atom is 0.258 e. The van der Waals surface area contributed by atoms with E-state index in [4.69, 9.17) is 0 Å². The van der Waals surface area contributed by atoms with Gasteiger partial charge in [0.15, 0.2) is 0 Å². The maximum absolute atomic E-state index is 11.9. The van der Waals surface area contributed by atoms with E-state index >= 15 is 0 Å². The number of aromatic hydroxyl groups is 1. The standard InChI is InChI=1S/C12H18N2O2/c1-2-5-9-13-11(15)10(12(16)14-9)8-6-3-4-7-8/h8H,2-7H2,1H3,(H2,13,14,15,16). The van der Waals surface area contributed by atoms with Gasteiger partial charge >= 0.3 is 0 Å². The molecular weight excluding hydrogens is 204 g/mol. The van der Waals surface area contributed by atoms with Crippen LogP contribution in [0.5, 0.6) is 5.88 Å². The molecule has 0 aliphatic heterocycles. The Labute approximate surface area is 94.7 Å². The van der Waals surface area contributed by atoms with Crippen LogP contribution in [-0.2, 0) is 6.42 Å². The van der Waals surface area contributed by atoms with E-state index in [0.29, 0.717) is 17.8 Å². The monoisotopic (exact) mass is 222 g/mol. The van der Waals surface area contributed by atoms with E-state index in [0.717, 1.165) is 32.1 Å². The SMILES string of the molecule is CCCc1nc(O)c(C2CCCC2)c(=O)[nH]1. The highest BCUT2D eigenvalue weighted by Crippen LogP contribution is 2.35. The third-order valence-corrected chi connectivity index (χ3v) is 3.23. The topological polar surface area (TPSA) is 66.0 Å². The van der Waals surface area contributed by atoms with Gasteiger partial charge in [-0.15, -0.1) is 0 Å². The predicted molar refractivity (Wildman–Crippen MR) is 61.7 cm³/mol. The molecule has 0 spiro atoms. The molecule has 0 aromatic carbocycles. The Hall–Kier alpha value is -1.32. The van der Waals surface area contributed by atoms with E-state index in [9.17, 15) is 9.90 Å². The largest absolute Gasteiger partial charge is 0.493 e. The van der Waals surface area contributed by atoms with Gasteiger partial charge in [0.1, 0.15) is 5.82 Å². The minimum atomic E-state index is -0.150. The van der Waals surface area contributed by atoms with Gasteiger partial charge in [0.2, 0.25) is 5.88 Å². The molecule has 1 aliphatic carbocycles. The Morgan fingerprint density at radius 3 is 2.69 bits per heavy atom. The molecule has 16 heavy (non-hydrogen) atoms. The second-order valence-corrected chi connectivity index (χ2v) is 4.48. The summed E-state index contributed by atoms with van der Waals surface area (Å²) in [5, 5.41) is 9.83. The van der Waals surface area contributed by atoms with E-state index in [2.05, 4.69) is 9.97 Å². The minimum absolute atomic E-state index is 0.0564. The Balaban J connectivity index is 2.35. The summed E-state index contributed by atoms with van der Waals surface area (Å²) < 4.78 is 0. The van der Waals surface area contributed by atoms with Crippen molar-refractivity contribution < 1.29 is 5.11 Å². The molecule has 1 aliphatic rings. The number of hydrogen-bond donors (Lipinski definition) is 2. The van der Waals surface area contributed by atoms with Crippen LogP contribution in [0, 0.1) is 0 Å². The van der Waals surface area contributed by atoms with Crippen LogP contribution >= 0.6 is 0 Å². The van der Waals surface area contributed by atoms with Crippen LogP contribution in [0.1, 0.15) is 56.3 Å². The zero-order valence-electron chi connectivity index (χ0n) is 9.62. The third-order valence-electron chi connectivity index (χ3n) is 3.23. The van der Waals surface area contributed by atoms with E-state index < -0.39 is 0 Å². The van der Waals surface area contributed by atoms with Crippen molar-refractivity contribution in [3.63, 3.8) is 0 Å². The number of hydrogen-bond acceptors (Lipinski definition) is 3. The summed E-state index contributed by atoms with van der Waals surface area (Å²) in [6, 6.07) is 0. The lowest BCUT2D eigenvalue weighted by atomic mass is 10.00. The average molecular weight is 222 g/mol. The number of nitrogens with one attached hydrogen (secondary N) is 1. The molecule has 2 N–H and O–H groups in total. The number of rotatable bonds is 3. The van der Waals surface area contributed by atoms with Crippen molar-refractivity contribution in [1.29, 1.82) is 0 Å². The van der Waals surface area contributed by atoms with Crippen molar-refractivity contribution in [1.82, 2.24) is 9.97 Å². The van der Waals surface area contributed by atoms with E-state index in [1.807, 2.05) is 6.92 Å². The van der Waals surface area contributed by atoms with E-state index in [1.54, 1.807) is 0 Å². The van der Waals surface area contributed by atoms with Gasteiger partial charge in [0, 0.05) is 6.42 Å². The summed E-state index contributed by atoms with van der Waals surface area (Å²) in [6.07, 6.45) is 5.87. The van der Waals surface area contributed by atoms with E-state index in [-0.39, 0.29) is 17.4 Å². The number of nitrogens with zero attached hydrogens (tertiary/aromatic N) is 1. The van der Waals surface area contributed by atoms with Crippen LogP contribution in [-0.4, -0.2) is 15.1 Å². The highest BCUT2D eigenvalue weighted by atomic mass is 16.3. The first-order valence-corrected chi connectivity index (χ1v) is 6.04. The molecule has 88 valence electrons. The third kappa shape index (κ3) is 2.10. The van der Waals surface area contributed by atoms with Crippen molar-refractivity contribution in [3.8, 4) is 5.88 Å². The molecule has 1 heterocycles. The number of H-pyrrole nitrogens is 1. The Bertz CT molecular complexity index is 420. The zero-order chi connectivity index (χ0) is 11.5. The molecule has 1 saturated carbocycles. The molecule has 0 bridgehead atoms. The average Bonchev–Trinajstić information content (AvgIpc) is 2.70. The smallest absolute Gasteiger partial charge is 0.258 e. The number of aromatic nitrogens is 2. The van der Waals surface area contributed by atoms with Crippen molar-refractivity contribution in [2.24, 2.45) is 0 Å². The van der Waals surface area contributed by atoms with Crippen LogP contribution in [0.4, 0.5) is 0 Å². The molecule has 0 amide bonds. The summed E-state index contributed by atoms with van der Waals surface area (Å²) in [5.74, 6) is 0.734. The Morgan fingerprint density at radius 2 is 2.12 bits per heavy atom. The van der Waals surface area contributed by atoms with E-state index in [1.165, 1.54) is 0 Å². The molecule has 4 heteroatoms. The first-order chi connectivity index (χ1) is 7.72. The molecule has 1 fully saturated rings. The minimum Gasteiger partial charge on any atom is -0.493 e. The molecular formula is C12H18N2O2. The molecule has 0 saturated heterocycles. The van der Waals surface area contributed by atoms with Gasteiger partial charge in [-0.05, 0) is 25.2 Å². The van der Waals surface area contributed by atoms with Gasteiger partial charge in [0.05, 0.1) is 5.56 Å². The van der Waals surface area contributed by atoms with Gasteiger partial charge in [-0.25, -0.2) is 4.98 Å². The van der Waals surface area contributed by atoms with Crippen LogP contribution in [0.3, 0.4) is 0 Å². The van der Waals surface area contributed by atoms with Gasteiger partial charge < -0.3 is 10.1 Å². The number of aryl methyl sites for hydroxylation is 1. The molecule has 0 unspecified atom stereocenters. The van der Waals surface area contributed by atoms with Gasteiger partial charge in [0.25, 0.3) is 5.56 Å². The zero-order valence-corrected chi connectivity index (χ0v) is 9.62. The van der Waals surface area contributed by atoms with Crippen molar-refractivity contribution >= 4 is 0 Å². The van der Waals surface area contributed by atoms with Crippen LogP contribution in [0.25, 0.3) is 0 Å². The second-order valence-electron chi connectivity index (χ2n) is 4.48. The van der Waals surface area contributed by atoms with Gasteiger partial charge in [-0.2, -0.15) is 0 Å². The molecule has 0 atom stereocenters. The quantitative estimate of drug-likeness (QED) is 0.823. The summed E-state index contributed by atoms with van der Waals surface area (Å²) in [5.41, 5.74) is 0.347. The molecule has 0 radical (unpaired) electrons. The first kappa shape index (κ1) is 11.2. The Kier molecular flexibility index (Phi) is 3.27. The van der Waals surface area contributed by atoms with Crippen molar-refractivity contribution in [2.45, 2.75) is 51.4 Å². The maximum atomic E-state index is 11.9. The van der Waals surface area contributed by atoms with Gasteiger partial charge in [-0.1, -0.05) is 19.8 Å². The highest BCUT2D eigenvalue weighted by molar-refractivity contribution is 5.27. The lowest BCUT2D eigenvalue weighted by molar-refractivity contribution is 0.431. The Morgan fingerprint density at radius 1 is 1.44 bits per heavy atom. The lowest BCUT2D eigenvalue weighted by Gasteiger charge is -2.10. The fourth-order valence-corrected chi connectivity index (χ4v) is 2.45. The van der Waals surface area contributed by atoms with Crippen LogP contribution < -0.4 is 5.56 Å². The summed E-state index contributed by atoms with van der Waals surface area (Å²) in [4.78, 5) is 18.7. The molecule has 1 aromatic rings.